The molecule has 0 aliphatic heterocycles. The lowest BCUT2D eigenvalue weighted by atomic mass is 10.1. The van der Waals surface area contributed by atoms with Crippen LogP contribution in [0.15, 0.2) is 21.2 Å². The highest BCUT2D eigenvalue weighted by molar-refractivity contribution is 9.10. The van der Waals surface area contributed by atoms with E-state index in [1.807, 2.05) is 13.8 Å². The summed E-state index contributed by atoms with van der Waals surface area (Å²) in [4.78, 5) is 11.5. The molecule has 0 aromatic carbocycles. The first-order valence-electron chi connectivity index (χ1n) is 4.80. The molecule has 0 fully saturated rings. The van der Waals surface area contributed by atoms with Gasteiger partial charge in [-0.15, -0.1) is 0 Å². The van der Waals surface area contributed by atoms with Crippen molar-refractivity contribution in [2.24, 2.45) is 11.7 Å². The molecule has 1 amide bonds. The summed E-state index contributed by atoms with van der Waals surface area (Å²) in [5, 5.41) is 2.71. The Balaban J connectivity index is 2.43. The van der Waals surface area contributed by atoms with Gasteiger partial charge in [0.25, 0.3) is 5.91 Å². The third-order valence-electron chi connectivity index (χ3n) is 2.15. The van der Waals surface area contributed by atoms with E-state index in [9.17, 15) is 4.79 Å². The van der Waals surface area contributed by atoms with Crippen LogP contribution in [0, 0.1) is 5.92 Å². The number of nitrogens with two attached hydrogens (primary N) is 1. The summed E-state index contributed by atoms with van der Waals surface area (Å²) in [7, 11) is 0. The quantitative estimate of drug-likeness (QED) is 0.879. The van der Waals surface area contributed by atoms with Gasteiger partial charge in [-0.1, -0.05) is 13.8 Å². The minimum atomic E-state index is -0.239. The van der Waals surface area contributed by atoms with Gasteiger partial charge in [-0.05, 0) is 34.0 Å². The molecule has 5 heteroatoms. The van der Waals surface area contributed by atoms with Crippen LogP contribution in [0.25, 0.3) is 0 Å². The molecule has 0 spiro atoms. The number of furan rings is 1. The minimum absolute atomic E-state index is 0.0349. The summed E-state index contributed by atoms with van der Waals surface area (Å²) in [6.45, 7) is 4.48. The first-order valence-corrected chi connectivity index (χ1v) is 5.59. The topological polar surface area (TPSA) is 68.3 Å². The van der Waals surface area contributed by atoms with E-state index in [1.54, 1.807) is 12.1 Å². The Kier molecular flexibility index (Phi) is 4.35. The standard InChI is InChI=1S/C10H15BrN2O2/c1-6(2)7(12)5-13-10(14)8-3-4-9(11)15-8/h3-4,6-7H,5,12H2,1-2H3,(H,13,14). The third-order valence-corrected chi connectivity index (χ3v) is 2.58. The molecule has 0 aliphatic rings. The number of hydrogen-bond acceptors (Lipinski definition) is 3. The SMILES string of the molecule is CC(C)C(N)CNC(=O)c1ccc(Br)o1. The Morgan fingerprint density at radius 1 is 1.60 bits per heavy atom. The lowest BCUT2D eigenvalue weighted by Crippen LogP contribution is -2.40. The number of nitrogens with one attached hydrogen (secondary N) is 1. The summed E-state index contributed by atoms with van der Waals surface area (Å²) in [6, 6.07) is 3.25. The predicted molar refractivity (Wildman–Crippen MR) is 61.6 cm³/mol. The monoisotopic (exact) mass is 274 g/mol. The molecule has 4 nitrogen and oxygen atoms in total. The van der Waals surface area contributed by atoms with Crippen molar-refractivity contribution in [1.82, 2.24) is 5.32 Å². The molecule has 1 atom stereocenters. The van der Waals surface area contributed by atoms with Gasteiger partial charge in [0, 0.05) is 12.6 Å². The second kappa shape index (κ2) is 5.32. The maximum Gasteiger partial charge on any atom is 0.287 e. The first-order chi connectivity index (χ1) is 7.00. The van der Waals surface area contributed by atoms with E-state index in [1.165, 1.54) is 0 Å². The normalized spacial score (nSPS) is 12.9. The van der Waals surface area contributed by atoms with Gasteiger partial charge in [0.05, 0.1) is 0 Å². The zero-order valence-corrected chi connectivity index (χ0v) is 10.4. The Morgan fingerprint density at radius 2 is 2.27 bits per heavy atom. The molecule has 1 unspecified atom stereocenters. The van der Waals surface area contributed by atoms with E-state index < -0.39 is 0 Å². The number of carbonyl (C=O) groups excluding carboxylic acids is 1. The molecule has 84 valence electrons. The number of amides is 1. The van der Waals surface area contributed by atoms with Gasteiger partial charge in [-0.2, -0.15) is 0 Å². The summed E-state index contributed by atoms with van der Waals surface area (Å²) < 4.78 is 5.64. The van der Waals surface area contributed by atoms with Gasteiger partial charge in [0.1, 0.15) is 0 Å². The van der Waals surface area contributed by atoms with Crippen molar-refractivity contribution in [3.63, 3.8) is 0 Å². The van der Waals surface area contributed by atoms with Crippen LogP contribution in [0.1, 0.15) is 24.4 Å². The molecular weight excluding hydrogens is 260 g/mol. The van der Waals surface area contributed by atoms with Crippen molar-refractivity contribution < 1.29 is 9.21 Å². The van der Waals surface area contributed by atoms with E-state index in [2.05, 4.69) is 21.2 Å². The average molecular weight is 275 g/mol. The summed E-state index contributed by atoms with van der Waals surface area (Å²) >= 11 is 3.13. The summed E-state index contributed by atoms with van der Waals surface area (Å²) in [5.74, 6) is 0.392. The molecule has 1 rings (SSSR count). The smallest absolute Gasteiger partial charge is 0.287 e. The Labute approximate surface area is 97.3 Å². The molecule has 3 N–H and O–H groups in total. The van der Waals surface area contributed by atoms with E-state index >= 15 is 0 Å². The lowest BCUT2D eigenvalue weighted by molar-refractivity contribution is 0.0920. The molecule has 0 bridgehead atoms. The number of halogens is 1. The van der Waals surface area contributed by atoms with Gasteiger partial charge >= 0.3 is 0 Å². The van der Waals surface area contributed by atoms with E-state index in [4.69, 9.17) is 10.2 Å². The van der Waals surface area contributed by atoms with E-state index in [0.29, 0.717) is 17.1 Å². The zero-order valence-electron chi connectivity index (χ0n) is 8.79. The van der Waals surface area contributed by atoms with E-state index in [0.717, 1.165) is 0 Å². The maximum atomic E-state index is 11.5. The lowest BCUT2D eigenvalue weighted by Gasteiger charge is -2.15. The maximum absolute atomic E-state index is 11.5. The minimum Gasteiger partial charge on any atom is -0.444 e. The Morgan fingerprint density at radius 3 is 2.73 bits per heavy atom. The van der Waals surface area contributed by atoms with Crippen molar-refractivity contribution in [2.45, 2.75) is 19.9 Å². The van der Waals surface area contributed by atoms with E-state index in [-0.39, 0.29) is 17.7 Å². The average Bonchev–Trinajstić information content (AvgIpc) is 2.60. The molecule has 0 radical (unpaired) electrons. The van der Waals surface area contributed by atoms with Crippen LogP contribution in [0.4, 0.5) is 0 Å². The highest BCUT2D eigenvalue weighted by atomic mass is 79.9. The summed E-state index contributed by atoms with van der Waals surface area (Å²) in [6.07, 6.45) is 0. The molecule has 1 heterocycles. The van der Waals surface area contributed by atoms with Crippen LogP contribution in [-0.4, -0.2) is 18.5 Å². The van der Waals surface area contributed by atoms with Gasteiger partial charge in [0.15, 0.2) is 10.4 Å². The summed E-state index contributed by atoms with van der Waals surface area (Å²) in [5.41, 5.74) is 5.79. The molecule has 15 heavy (non-hydrogen) atoms. The van der Waals surface area contributed by atoms with Crippen LogP contribution in [0.2, 0.25) is 0 Å². The highest BCUT2D eigenvalue weighted by Gasteiger charge is 2.13. The van der Waals surface area contributed by atoms with Gasteiger partial charge in [0.2, 0.25) is 0 Å². The first kappa shape index (κ1) is 12.3. The Bertz CT molecular complexity index is 336. The fraction of sp³-hybridized carbons (Fsp3) is 0.500. The predicted octanol–water partition coefficient (Wildman–Crippen LogP) is 1.76. The number of rotatable bonds is 4. The molecule has 0 aliphatic carbocycles. The molecule has 0 saturated carbocycles. The van der Waals surface area contributed by atoms with Crippen molar-refractivity contribution in [1.29, 1.82) is 0 Å². The third kappa shape index (κ3) is 3.68. The van der Waals surface area contributed by atoms with Gasteiger partial charge in [-0.3, -0.25) is 4.79 Å². The fourth-order valence-corrected chi connectivity index (χ4v) is 1.28. The molecule has 1 aromatic heterocycles. The van der Waals surface area contributed by atoms with Gasteiger partial charge in [-0.25, -0.2) is 0 Å². The highest BCUT2D eigenvalue weighted by Crippen LogP contribution is 2.13. The van der Waals surface area contributed by atoms with Gasteiger partial charge < -0.3 is 15.5 Å². The fourth-order valence-electron chi connectivity index (χ4n) is 0.970. The van der Waals surface area contributed by atoms with Crippen LogP contribution < -0.4 is 11.1 Å². The van der Waals surface area contributed by atoms with Crippen LogP contribution >= 0.6 is 15.9 Å². The second-order valence-electron chi connectivity index (χ2n) is 3.72. The van der Waals surface area contributed by atoms with Crippen LogP contribution in [0.3, 0.4) is 0 Å². The van der Waals surface area contributed by atoms with Crippen molar-refractivity contribution >= 4 is 21.8 Å². The second-order valence-corrected chi connectivity index (χ2v) is 4.50. The van der Waals surface area contributed by atoms with Crippen molar-refractivity contribution in [2.75, 3.05) is 6.54 Å². The molecular formula is C10H15BrN2O2. The van der Waals surface area contributed by atoms with Crippen molar-refractivity contribution in [3.05, 3.63) is 22.6 Å². The van der Waals surface area contributed by atoms with Crippen molar-refractivity contribution in [3.8, 4) is 0 Å². The van der Waals surface area contributed by atoms with Crippen LogP contribution in [0.5, 0.6) is 0 Å². The number of hydrogen-bond donors (Lipinski definition) is 2. The van der Waals surface area contributed by atoms with Crippen LogP contribution in [-0.2, 0) is 0 Å². The Hall–Kier alpha value is -0.810. The molecule has 1 aromatic rings. The number of carbonyl (C=O) groups is 1. The zero-order chi connectivity index (χ0) is 11.4. The molecule has 0 saturated heterocycles. The largest absolute Gasteiger partial charge is 0.444 e.